The fourth-order valence-corrected chi connectivity index (χ4v) is 0.718. The van der Waals surface area contributed by atoms with Crippen LogP contribution >= 0.6 is 22.9 Å². The molecule has 0 bridgehead atoms. The lowest BCUT2D eigenvalue weighted by molar-refractivity contribution is 0.742. The molecule has 0 unspecified atom stereocenters. The van der Waals surface area contributed by atoms with E-state index in [0.717, 1.165) is 19.5 Å². The van der Waals surface area contributed by atoms with E-state index in [1.54, 1.807) is 0 Å². The van der Waals surface area contributed by atoms with E-state index in [9.17, 15) is 0 Å². The highest BCUT2D eigenvalue weighted by Crippen LogP contribution is 1.82. The minimum absolute atomic E-state index is 0.818. The van der Waals surface area contributed by atoms with Gasteiger partial charge >= 0.3 is 0 Å². The average Bonchev–Trinajstić information content (AvgIpc) is 1.69. The molecule has 0 atom stereocenters. The van der Waals surface area contributed by atoms with Gasteiger partial charge in [-0.25, -0.2) is 0 Å². The molecular formula is C4H11IN2. The maximum absolute atomic E-state index is 5.24. The maximum atomic E-state index is 5.24. The summed E-state index contributed by atoms with van der Waals surface area (Å²) in [6, 6.07) is 0. The molecule has 0 aromatic rings. The van der Waals surface area contributed by atoms with E-state index in [0.29, 0.717) is 0 Å². The lowest BCUT2D eigenvalue weighted by Gasteiger charge is -1.91. The Kier molecular flexibility index (Phi) is 7.27. The van der Waals surface area contributed by atoms with Crippen molar-refractivity contribution in [3.63, 3.8) is 0 Å². The number of rotatable bonds is 4. The number of nitrogens with one attached hydrogen (secondary N) is 1. The van der Waals surface area contributed by atoms with Crippen molar-refractivity contribution in [3.8, 4) is 0 Å². The van der Waals surface area contributed by atoms with E-state index in [1.807, 2.05) is 0 Å². The van der Waals surface area contributed by atoms with E-state index < -0.39 is 0 Å². The molecule has 0 amide bonds. The van der Waals surface area contributed by atoms with Gasteiger partial charge in [0.15, 0.2) is 0 Å². The third kappa shape index (κ3) is 6.65. The topological polar surface area (TPSA) is 38.0 Å². The van der Waals surface area contributed by atoms with Crippen molar-refractivity contribution in [1.29, 1.82) is 0 Å². The van der Waals surface area contributed by atoms with Crippen molar-refractivity contribution in [2.24, 2.45) is 5.73 Å². The number of halogens is 1. The predicted octanol–water partition coefficient (Wildman–Crippen LogP) is 0.665. The maximum Gasteiger partial charge on any atom is 0.0169 e. The van der Waals surface area contributed by atoms with Crippen LogP contribution in [-0.4, -0.2) is 13.1 Å². The van der Waals surface area contributed by atoms with Crippen molar-refractivity contribution in [2.75, 3.05) is 13.1 Å². The van der Waals surface area contributed by atoms with E-state index >= 15 is 0 Å². The van der Waals surface area contributed by atoms with Gasteiger partial charge in [-0.15, -0.1) is 0 Å². The zero-order valence-electron chi connectivity index (χ0n) is 4.28. The summed E-state index contributed by atoms with van der Waals surface area (Å²) in [7, 11) is 0. The highest BCUT2D eigenvalue weighted by molar-refractivity contribution is 14.1. The molecule has 0 aromatic carbocycles. The molecule has 0 aliphatic heterocycles. The Morgan fingerprint density at radius 3 is 2.57 bits per heavy atom. The van der Waals surface area contributed by atoms with Crippen LogP contribution in [0, 0.1) is 0 Å². The average molecular weight is 214 g/mol. The van der Waals surface area contributed by atoms with Crippen molar-refractivity contribution < 1.29 is 0 Å². The largest absolute Gasteiger partial charge is 0.330 e. The van der Waals surface area contributed by atoms with Crippen LogP contribution in [0.25, 0.3) is 0 Å². The van der Waals surface area contributed by atoms with E-state index in [2.05, 4.69) is 26.4 Å². The Morgan fingerprint density at radius 1 is 1.43 bits per heavy atom. The Morgan fingerprint density at radius 2 is 2.14 bits per heavy atom. The van der Waals surface area contributed by atoms with Gasteiger partial charge in [0.05, 0.1) is 0 Å². The molecule has 0 saturated carbocycles. The van der Waals surface area contributed by atoms with Crippen LogP contribution in [0.3, 0.4) is 0 Å². The van der Waals surface area contributed by atoms with Crippen LogP contribution in [-0.2, 0) is 0 Å². The predicted molar refractivity (Wildman–Crippen MR) is 40.3 cm³/mol. The van der Waals surface area contributed by atoms with Crippen molar-refractivity contribution >= 4 is 22.9 Å². The summed E-state index contributed by atoms with van der Waals surface area (Å²) >= 11 is 2.14. The van der Waals surface area contributed by atoms with Crippen molar-refractivity contribution in [2.45, 2.75) is 12.8 Å². The molecular weight excluding hydrogens is 203 g/mol. The van der Waals surface area contributed by atoms with Crippen LogP contribution in [0.4, 0.5) is 0 Å². The first kappa shape index (κ1) is 7.65. The second kappa shape index (κ2) is 6.65. The minimum Gasteiger partial charge on any atom is -0.330 e. The molecule has 0 spiro atoms. The third-order valence-corrected chi connectivity index (χ3v) is 1.26. The first-order valence-electron chi connectivity index (χ1n) is 2.45. The molecule has 2 nitrogen and oxygen atoms in total. The third-order valence-electron chi connectivity index (χ3n) is 0.725. The minimum atomic E-state index is 0.818. The van der Waals surface area contributed by atoms with Crippen LogP contribution in [0.5, 0.6) is 0 Å². The normalized spacial score (nSPS) is 9.43. The SMILES string of the molecule is NCCCCNI. The molecule has 3 N–H and O–H groups in total. The molecule has 44 valence electrons. The molecule has 7 heavy (non-hydrogen) atoms. The van der Waals surface area contributed by atoms with Gasteiger partial charge in [0.1, 0.15) is 0 Å². The Bertz CT molecular complexity index is 28.9. The molecule has 0 fully saturated rings. The summed E-state index contributed by atoms with van der Waals surface area (Å²) in [5.41, 5.74) is 5.24. The quantitative estimate of drug-likeness (QED) is 0.410. The fourth-order valence-electron chi connectivity index (χ4n) is 0.336. The highest BCUT2D eigenvalue weighted by atomic mass is 127. The molecule has 0 aliphatic carbocycles. The van der Waals surface area contributed by atoms with Crippen molar-refractivity contribution in [1.82, 2.24) is 3.53 Å². The smallest absolute Gasteiger partial charge is 0.0169 e. The lowest BCUT2D eigenvalue weighted by atomic mass is 10.3. The second-order valence-corrected chi connectivity index (χ2v) is 2.14. The van der Waals surface area contributed by atoms with Crippen LogP contribution in [0.2, 0.25) is 0 Å². The zero-order chi connectivity index (χ0) is 5.54. The van der Waals surface area contributed by atoms with E-state index in [-0.39, 0.29) is 0 Å². The van der Waals surface area contributed by atoms with Gasteiger partial charge in [0, 0.05) is 29.4 Å². The number of hydrogen-bond donors (Lipinski definition) is 2. The van der Waals surface area contributed by atoms with Gasteiger partial charge in [-0.3, -0.25) is 3.53 Å². The molecule has 0 aromatic heterocycles. The number of hydrogen-bond acceptors (Lipinski definition) is 2. The summed E-state index contributed by atoms with van der Waals surface area (Å²) in [5, 5.41) is 0. The molecule has 0 rings (SSSR count). The molecule has 0 saturated heterocycles. The van der Waals surface area contributed by atoms with Crippen LogP contribution in [0.15, 0.2) is 0 Å². The van der Waals surface area contributed by atoms with Gasteiger partial charge < -0.3 is 5.73 Å². The Hall–Kier alpha value is 0.650. The molecule has 0 heterocycles. The van der Waals surface area contributed by atoms with Gasteiger partial charge in [0.25, 0.3) is 0 Å². The van der Waals surface area contributed by atoms with Crippen molar-refractivity contribution in [3.05, 3.63) is 0 Å². The monoisotopic (exact) mass is 214 g/mol. The summed E-state index contributed by atoms with van der Waals surface area (Å²) in [5.74, 6) is 0. The summed E-state index contributed by atoms with van der Waals surface area (Å²) in [6.07, 6.45) is 2.33. The highest BCUT2D eigenvalue weighted by Gasteiger charge is 1.79. The fraction of sp³-hybridized carbons (Fsp3) is 1.00. The number of nitrogens with two attached hydrogens (primary N) is 1. The molecule has 0 radical (unpaired) electrons. The summed E-state index contributed by atoms with van der Waals surface area (Å²) < 4.78 is 3.02. The van der Waals surface area contributed by atoms with Gasteiger partial charge in [-0.2, -0.15) is 0 Å². The zero-order valence-corrected chi connectivity index (χ0v) is 6.44. The van der Waals surface area contributed by atoms with E-state index in [4.69, 9.17) is 5.73 Å². The van der Waals surface area contributed by atoms with Gasteiger partial charge in [0.2, 0.25) is 0 Å². The van der Waals surface area contributed by atoms with Crippen LogP contribution in [0.1, 0.15) is 12.8 Å². The summed E-state index contributed by atoms with van der Waals surface area (Å²) in [6.45, 7) is 1.90. The van der Waals surface area contributed by atoms with Crippen LogP contribution < -0.4 is 9.26 Å². The standard InChI is InChI=1S/C4H11IN2/c5-7-4-2-1-3-6/h7H,1-4,6H2. The molecule has 0 aliphatic rings. The first-order valence-corrected chi connectivity index (χ1v) is 3.53. The van der Waals surface area contributed by atoms with Gasteiger partial charge in [-0.1, -0.05) is 0 Å². The molecule has 3 heteroatoms. The summed E-state index contributed by atoms with van der Waals surface area (Å²) in [4.78, 5) is 0. The first-order chi connectivity index (χ1) is 3.41. The Labute approximate surface area is 58.3 Å². The number of unbranched alkanes of at least 4 members (excludes halogenated alkanes) is 1. The Balaban J connectivity index is 2.45. The second-order valence-electron chi connectivity index (χ2n) is 1.38. The van der Waals surface area contributed by atoms with Gasteiger partial charge in [-0.05, 0) is 19.4 Å². The lowest BCUT2D eigenvalue weighted by Crippen LogP contribution is -2.04. The van der Waals surface area contributed by atoms with E-state index in [1.165, 1.54) is 6.42 Å².